The molecule has 0 aromatic heterocycles. The molecule has 0 radical (unpaired) electrons. The molecule has 0 bridgehead atoms. The average Bonchev–Trinajstić information content (AvgIpc) is 2.48. The number of hydrogen-bond donors (Lipinski definition) is 1. The third kappa shape index (κ3) is 2.30. The van der Waals surface area contributed by atoms with Crippen molar-refractivity contribution in [3.8, 4) is 0 Å². The number of fused-ring (bicyclic) bond motifs is 1. The van der Waals surface area contributed by atoms with Crippen LogP contribution >= 0.6 is 0 Å². The summed E-state index contributed by atoms with van der Waals surface area (Å²) in [4.78, 5) is 3.49. The lowest BCUT2D eigenvalue weighted by molar-refractivity contribution is -0.0201. The summed E-state index contributed by atoms with van der Waals surface area (Å²) in [6.45, 7) is -0.145. The molecule has 2 aromatic rings. The Labute approximate surface area is 120 Å². The van der Waals surface area contributed by atoms with Crippen LogP contribution < -0.4 is 10.6 Å². The number of nitrogens with zero attached hydrogens (tertiary/aromatic N) is 2. The molecular weight excluding hydrogens is 295 g/mol. The van der Waals surface area contributed by atoms with Gasteiger partial charge in [-0.1, -0.05) is 18.2 Å². The molecule has 0 fully saturated rings. The number of rotatable bonds is 2. The summed E-state index contributed by atoms with van der Waals surface area (Å²) in [5, 5.41) is 10.6. The van der Waals surface area contributed by atoms with Crippen LogP contribution in [0.15, 0.2) is 57.2 Å². The van der Waals surface area contributed by atoms with E-state index >= 15 is 0 Å². The molecule has 2 aromatic carbocycles. The number of benzene rings is 2. The normalized spacial score (nSPS) is 14.1. The van der Waals surface area contributed by atoms with E-state index in [1.54, 1.807) is 18.2 Å². The van der Waals surface area contributed by atoms with Gasteiger partial charge in [0.25, 0.3) is 0 Å². The molecule has 0 spiro atoms. The molecule has 1 aliphatic rings. The molecule has 0 amide bonds. The molecular formula is C14H11FN2O3S. The fourth-order valence-corrected chi connectivity index (χ4v) is 3.66. The van der Waals surface area contributed by atoms with Gasteiger partial charge < -0.3 is 0 Å². The van der Waals surface area contributed by atoms with Gasteiger partial charge in [0.2, 0.25) is 9.84 Å². The molecule has 0 saturated heterocycles. The quantitative estimate of drug-likeness (QED) is 0.886. The first kappa shape index (κ1) is 13.7. The van der Waals surface area contributed by atoms with Crippen molar-refractivity contribution < 1.29 is 18.0 Å². The van der Waals surface area contributed by atoms with Gasteiger partial charge in [-0.25, -0.2) is 17.9 Å². The molecule has 0 aliphatic carbocycles. The van der Waals surface area contributed by atoms with Crippen LogP contribution in [0.5, 0.6) is 0 Å². The van der Waals surface area contributed by atoms with Gasteiger partial charge in [-0.05, 0) is 24.3 Å². The molecule has 0 atom stereocenters. The van der Waals surface area contributed by atoms with Crippen LogP contribution in [0.1, 0.15) is 0 Å². The van der Waals surface area contributed by atoms with Crippen molar-refractivity contribution in [3.63, 3.8) is 0 Å². The van der Waals surface area contributed by atoms with E-state index in [0.29, 0.717) is 5.22 Å². The predicted molar refractivity (Wildman–Crippen MR) is 72.0 cm³/mol. The summed E-state index contributed by atoms with van der Waals surface area (Å²) in [5.41, 5.74) is 0. The SMILES string of the molecule is O=S(=O)(c1ccccc1)c1c(F)ccc2c1=NCN(O)C=2. The maximum atomic E-state index is 14.1. The van der Waals surface area contributed by atoms with Crippen LogP contribution in [0.3, 0.4) is 0 Å². The fourth-order valence-electron chi connectivity index (χ4n) is 2.15. The Kier molecular flexibility index (Phi) is 3.23. The van der Waals surface area contributed by atoms with E-state index in [4.69, 9.17) is 0 Å². The van der Waals surface area contributed by atoms with Crippen molar-refractivity contribution in [1.82, 2.24) is 5.06 Å². The van der Waals surface area contributed by atoms with Gasteiger partial charge in [0.1, 0.15) is 17.4 Å². The summed E-state index contributed by atoms with van der Waals surface area (Å²) in [5.74, 6) is -0.860. The topological polar surface area (TPSA) is 70.0 Å². The second-order valence-corrected chi connectivity index (χ2v) is 6.39. The van der Waals surface area contributed by atoms with Crippen molar-refractivity contribution in [2.75, 3.05) is 6.67 Å². The smallest absolute Gasteiger partial charge is 0.211 e. The predicted octanol–water partition coefficient (Wildman–Crippen LogP) is 0.678. The van der Waals surface area contributed by atoms with Gasteiger partial charge in [-0.3, -0.25) is 10.2 Å². The highest BCUT2D eigenvalue weighted by Crippen LogP contribution is 2.19. The first-order valence-electron chi connectivity index (χ1n) is 6.10. The lowest BCUT2D eigenvalue weighted by Gasteiger charge is -2.14. The van der Waals surface area contributed by atoms with E-state index < -0.39 is 20.5 Å². The van der Waals surface area contributed by atoms with Crippen LogP contribution in [-0.2, 0) is 9.84 Å². The highest BCUT2D eigenvalue weighted by molar-refractivity contribution is 7.91. The molecule has 7 heteroatoms. The molecule has 0 unspecified atom stereocenters. The highest BCUT2D eigenvalue weighted by atomic mass is 32.2. The van der Waals surface area contributed by atoms with Crippen molar-refractivity contribution in [3.05, 3.63) is 58.9 Å². The fraction of sp³-hybridized carbons (Fsp3) is 0.0714. The summed E-state index contributed by atoms with van der Waals surface area (Å²) in [6, 6.07) is 10.0. The first-order chi connectivity index (χ1) is 10.00. The number of hydroxylamine groups is 2. The van der Waals surface area contributed by atoms with Crippen molar-refractivity contribution in [2.45, 2.75) is 9.79 Å². The average molecular weight is 306 g/mol. The van der Waals surface area contributed by atoms with Crippen LogP contribution in [0.4, 0.5) is 4.39 Å². The second kappa shape index (κ2) is 4.94. The van der Waals surface area contributed by atoms with E-state index in [0.717, 1.165) is 11.1 Å². The molecule has 0 saturated carbocycles. The minimum atomic E-state index is -4.02. The summed E-state index contributed by atoms with van der Waals surface area (Å²) in [7, 11) is -4.02. The summed E-state index contributed by atoms with van der Waals surface area (Å²) in [6.07, 6.45) is 1.31. The van der Waals surface area contributed by atoms with Crippen LogP contribution in [0.25, 0.3) is 6.20 Å². The van der Waals surface area contributed by atoms with Crippen LogP contribution in [0.2, 0.25) is 0 Å². The Balaban J connectivity index is 2.36. The lowest BCUT2D eigenvalue weighted by Crippen LogP contribution is -2.38. The van der Waals surface area contributed by atoms with Crippen LogP contribution in [0, 0.1) is 5.82 Å². The van der Waals surface area contributed by atoms with E-state index in [1.165, 1.54) is 24.4 Å². The summed E-state index contributed by atoms with van der Waals surface area (Å²) >= 11 is 0. The van der Waals surface area contributed by atoms with Crippen molar-refractivity contribution in [2.24, 2.45) is 4.99 Å². The van der Waals surface area contributed by atoms with Gasteiger partial charge in [-0.15, -0.1) is 0 Å². The van der Waals surface area contributed by atoms with Crippen LogP contribution in [-0.4, -0.2) is 25.4 Å². The minimum absolute atomic E-state index is 0.000993. The Morgan fingerprint density at radius 3 is 2.57 bits per heavy atom. The largest absolute Gasteiger partial charge is 0.287 e. The highest BCUT2D eigenvalue weighted by Gasteiger charge is 2.25. The van der Waals surface area contributed by atoms with Gasteiger partial charge >= 0.3 is 0 Å². The Hall–Kier alpha value is -2.25. The van der Waals surface area contributed by atoms with E-state index in [2.05, 4.69) is 4.99 Å². The molecule has 21 heavy (non-hydrogen) atoms. The number of halogens is 1. The maximum absolute atomic E-state index is 14.1. The molecule has 1 aliphatic heterocycles. The Morgan fingerprint density at radius 2 is 1.86 bits per heavy atom. The Bertz CT molecular complexity index is 911. The van der Waals surface area contributed by atoms with Gasteiger partial charge in [0, 0.05) is 11.4 Å². The minimum Gasteiger partial charge on any atom is -0.287 e. The standard InChI is InChI=1S/C14H11FN2O3S/c15-12-7-6-10-8-17(18)9-16-13(10)14(12)21(19,20)11-4-2-1-3-5-11/h1-8,18H,9H2. The lowest BCUT2D eigenvalue weighted by atomic mass is 10.2. The molecule has 108 valence electrons. The van der Waals surface area contributed by atoms with Crippen molar-refractivity contribution >= 4 is 16.0 Å². The number of sulfone groups is 1. The van der Waals surface area contributed by atoms with Gasteiger partial charge in [0.05, 0.1) is 10.3 Å². The van der Waals surface area contributed by atoms with Crippen molar-refractivity contribution in [1.29, 1.82) is 0 Å². The molecule has 3 rings (SSSR count). The van der Waals surface area contributed by atoms with E-state index in [-0.39, 0.29) is 16.9 Å². The third-order valence-corrected chi connectivity index (χ3v) is 4.92. The number of hydrogen-bond acceptors (Lipinski definition) is 5. The molecule has 1 N–H and O–H groups in total. The van der Waals surface area contributed by atoms with E-state index in [1.807, 2.05) is 0 Å². The monoisotopic (exact) mass is 306 g/mol. The Morgan fingerprint density at radius 1 is 1.14 bits per heavy atom. The summed E-state index contributed by atoms with van der Waals surface area (Å²) < 4.78 is 39.4. The third-order valence-electron chi connectivity index (χ3n) is 3.10. The maximum Gasteiger partial charge on any atom is 0.211 e. The molecule has 5 nitrogen and oxygen atoms in total. The zero-order valence-electron chi connectivity index (χ0n) is 10.8. The zero-order chi connectivity index (χ0) is 15.0. The van der Waals surface area contributed by atoms with Gasteiger partial charge in [0.15, 0.2) is 0 Å². The first-order valence-corrected chi connectivity index (χ1v) is 7.59. The van der Waals surface area contributed by atoms with Gasteiger partial charge in [-0.2, -0.15) is 0 Å². The molecule has 1 heterocycles. The van der Waals surface area contributed by atoms with E-state index in [9.17, 15) is 18.0 Å². The zero-order valence-corrected chi connectivity index (χ0v) is 11.6. The second-order valence-electron chi connectivity index (χ2n) is 4.50.